The summed E-state index contributed by atoms with van der Waals surface area (Å²) in [4.78, 5) is 0. The summed E-state index contributed by atoms with van der Waals surface area (Å²) >= 11 is 0. The van der Waals surface area contributed by atoms with E-state index in [1.807, 2.05) is 0 Å². The van der Waals surface area contributed by atoms with E-state index >= 15 is 0 Å². The second-order valence-electron chi connectivity index (χ2n) is 3.46. The van der Waals surface area contributed by atoms with E-state index in [4.69, 9.17) is 4.74 Å². The van der Waals surface area contributed by atoms with Crippen LogP contribution in [0.25, 0.3) is 0 Å². The Kier molecular flexibility index (Phi) is 3.68. The summed E-state index contributed by atoms with van der Waals surface area (Å²) in [6.45, 7) is 12.1. The van der Waals surface area contributed by atoms with Crippen molar-refractivity contribution < 1.29 is 4.74 Å². The predicted octanol–water partition coefficient (Wildman–Crippen LogP) is 2.01. The molecule has 0 aromatic heterocycles. The van der Waals surface area contributed by atoms with E-state index in [9.17, 15) is 0 Å². The van der Waals surface area contributed by atoms with Gasteiger partial charge in [0, 0.05) is 0 Å². The van der Waals surface area contributed by atoms with Crippen molar-refractivity contribution in [2.45, 2.75) is 19.7 Å². The molecule has 0 aromatic rings. The number of hydrogen-bond acceptors (Lipinski definition) is 1. The van der Waals surface area contributed by atoms with Gasteiger partial charge in [-0.2, -0.15) is 0 Å². The molecule has 0 aromatic carbocycles. The molecule has 0 N–H and O–H groups in total. The van der Waals surface area contributed by atoms with Crippen molar-refractivity contribution >= 4 is 7.26 Å². The molecular formula is C7H19OP. The van der Waals surface area contributed by atoms with Crippen LogP contribution in [0.5, 0.6) is 0 Å². The van der Waals surface area contributed by atoms with Gasteiger partial charge in [-0.15, -0.1) is 0 Å². The standard InChI is InChI=1S/C7H19OP/c1-6-8-7(2)9(3,4)5/h7,9H,6H2,1-5H3. The van der Waals surface area contributed by atoms with Crippen molar-refractivity contribution in [3.63, 3.8) is 0 Å². The van der Waals surface area contributed by atoms with Crippen LogP contribution in [0.3, 0.4) is 0 Å². The third kappa shape index (κ3) is 3.89. The zero-order chi connectivity index (χ0) is 7.49. The molecule has 58 valence electrons. The fraction of sp³-hybridized carbons (Fsp3) is 1.00. The molecule has 0 aliphatic heterocycles. The Morgan fingerprint density at radius 3 is 1.89 bits per heavy atom. The van der Waals surface area contributed by atoms with Gasteiger partial charge in [0.05, 0.1) is 0 Å². The Balaban J connectivity index is 3.59. The molecule has 0 saturated carbocycles. The quantitative estimate of drug-likeness (QED) is 0.559. The molecule has 0 aliphatic carbocycles. The van der Waals surface area contributed by atoms with Gasteiger partial charge in [0.25, 0.3) is 0 Å². The van der Waals surface area contributed by atoms with E-state index in [1.165, 1.54) is 0 Å². The summed E-state index contributed by atoms with van der Waals surface area (Å²) in [6.07, 6.45) is 0. The van der Waals surface area contributed by atoms with Gasteiger partial charge in [0.15, 0.2) is 0 Å². The first-order chi connectivity index (χ1) is 3.98. The third-order valence-corrected chi connectivity index (χ3v) is 4.24. The molecule has 1 nitrogen and oxygen atoms in total. The van der Waals surface area contributed by atoms with Crippen LogP contribution < -0.4 is 0 Å². The molecule has 0 saturated heterocycles. The van der Waals surface area contributed by atoms with Gasteiger partial charge in [0.1, 0.15) is 0 Å². The van der Waals surface area contributed by atoms with Crippen LogP contribution in [0.1, 0.15) is 13.8 Å². The summed E-state index contributed by atoms with van der Waals surface area (Å²) in [5.41, 5.74) is 0. The first kappa shape index (κ1) is 9.39. The SMILES string of the molecule is CCOC(C)[PH](C)(C)C. The fourth-order valence-electron chi connectivity index (χ4n) is 0.500. The first-order valence-corrected chi connectivity index (χ1v) is 7.17. The maximum atomic E-state index is 5.47. The van der Waals surface area contributed by atoms with Gasteiger partial charge in [-0.25, -0.2) is 0 Å². The second kappa shape index (κ2) is 3.53. The minimum atomic E-state index is -1.00. The van der Waals surface area contributed by atoms with Crippen LogP contribution in [0.2, 0.25) is 0 Å². The van der Waals surface area contributed by atoms with Crippen LogP contribution in [0.15, 0.2) is 0 Å². The van der Waals surface area contributed by atoms with Crippen molar-refractivity contribution in [3.8, 4) is 0 Å². The topological polar surface area (TPSA) is 9.23 Å². The van der Waals surface area contributed by atoms with Crippen LogP contribution in [0.4, 0.5) is 0 Å². The minimum absolute atomic E-state index is 0.502. The van der Waals surface area contributed by atoms with Crippen molar-refractivity contribution in [1.82, 2.24) is 0 Å². The second-order valence-corrected chi connectivity index (χ2v) is 9.01. The molecule has 0 radical (unpaired) electrons. The number of rotatable bonds is 3. The zero-order valence-corrected chi connectivity index (χ0v) is 8.19. The summed E-state index contributed by atoms with van der Waals surface area (Å²) in [6, 6.07) is 0. The molecule has 2 heteroatoms. The molecule has 0 heterocycles. The third-order valence-electron chi connectivity index (χ3n) is 1.64. The molecule has 0 amide bonds. The van der Waals surface area contributed by atoms with E-state index in [2.05, 4.69) is 33.8 Å². The maximum absolute atomic E-state index is 5.47. The monoisotopic (exact) mass is 150 g/mol. The van der Waals surface area contributed by atoms with E-state index in [1.54, 1.807) is 0 Å². The summed E-state index contributed by atoms with van der Waals surface area (Å²) < 4.78 is 5.47. The van der Waals surface area contributed by atoms with Gasteiger partial charge < -0.3 is 0 Å². The molecule has 0 aliphatic rings. The summed E-state index contributed by atoms with van der Waals surface area (Å²) in [5, 5.41) is 0. The van der Waals surface area contributed by atoms with Gasteiger partial charge in [-0.1, -0.05) is 0 Å². The molecule has 9 heavy (non-hydrogen) atoms. The predicted molar refractivity (Wildman–Crippen MR) is 47.2 cm³/mol. The molecule has 0 rings (SSSR count). The molecule has 1 unspecified atom stereocenters. The first-order valence-electron chi connectivity index (χ1n) is 3.60. The van der Waals surface area contributed by atoms with E-state index in [0.29, 0.717) is 5.85 Å². The zero-order valence-electron chi connectivity index (χ0n) is 7.19. The van der Waals surface area contributed by atoms with E-state index in [0.717, 1.165) is 6.61 Å². The van der Waals surface area contributed by atoms with Gasteiger partial charge in [-0.05, 0) is 0 Å². The average molecular weight is 150 g/mol. The van der Waals surface area contributed by atoms with Crippen LogP contribution in [0, 0.1) is 0 Å². The molecule has 0 bridgehead atoms. The number of ether oxygens (including phenoxy) is 1. The van der Waals surface area contributed by atoms with Gasteiger partial charge in [-0.3, -0.25) is 0 Å². The van der Waals surface area contributed by atoms with Crippen molar-refractivity contribution in [1.29, 1.82) is 0 Å². The summed E-state index contributed by atoms with van der Waals surface area (Å²) in [5.74, 6) is 0.502. The Morgan fingerprint density at radius 2 is 1.78 bits per heavy atom. The average Bonchev–Trinajstić information content (AvgIpc) is 1.64. The van der Waals surface area contributed by atoms with Gasteiger partial charge in [0.2, 0.25) is 0 Å². The van der Waals surface area contributed by atoms with Crippen molar-refractivity contribution in [3.05, 3.63) is 0 Å². The Morgan fingerprint density at radius 1 is 1.33 bits per heavy atom. The van der Waals surface area contributed by atoms with Gasteiger partial charge >= 0.3 is 58.3 Å². The molecule has 1 atom stereocenters. The van der Waals surface area contributed by atoms with E-state index < -0.39 is 7.26 Å². The van der Waals surface area contributed by atoms with Crippen molar-refractivity contribution in [2.24, 2.45) is 0 Å². The van der Waals surface area contributed by atoms with Crippen LogP contribution >= 0.6 is 7.26 Å². The Bertz CT molecular complexity index is 75.5. The molecular weight excluding hydrogens is 131 g/mol. The molecule has 0 spiro atoms. The van der Waals surface area contributed by atoms with Crippen LogP contribution in [-0.2, 0) is 4.74 Å². The number of hydrogen-bond donors (Lipinski definition) is 0. The summed E-state index contributed by atoms with van der Waals surface area (Å²) in [7, 11) is -1.00. The Labute approximate surface area is 59.1 Å². The van der Waals surface area contributed by atoms with E-state index in [-0.39, 0.29) is 0 Å². The van der Waals surface area contributed by atoms with Crippen LogP contribution in [-0.4, -0.2) is 32.4 Å². The van der Waals surface area contributed by atoms with Crippen molar-refractivity contribution in [2.75, 3.05) is 26.6 Å². The fourth-order valence-corrected chi connectivity index (χ4v) is 1.17. The normalized spacial score (nSPS) is 17.4. The molecule has 0 fully saturated rings. The Hall–Kier alpha value is 0.390.